The van der Waals surface area contributed by atoms with E-state index in [1.54, 1.807) is 6.92 Å². The molecule has 0 heterocycles. The number of benzene rings is 1. The van der Waals surface area contributed by atoms with E-state index in [0.717, 1.165) is 24.2 Å². The second-order valence-electron chi connectivity index (χ2n) is 6.04. The minimum atomic E-state index is -1.04. The first-order chi connectivity index (χ1) is 9.42. The number of para-hydroxylation sites is 1. The number of hydrogen-bond donors (Lipinski definition) is 2. The first kappa shape index (κ1) is 14.9. The Labute approximate surface area is 120 Å². The predicted molar refractivity (Wildman–Crippen MR) is 78.2 cm³/mol. The quantitative estimate of drug-likeness (QED) is 0.804. The van der Waals surface area contributed by atoms with Crippen LogP contribution in [0.4, 0.5) is 0 Å². The van der Waals surface area contributed by atoms with Gasteiger partial charge in [0.25, 0.3) is 0 Å². The lowest BCUT2D eigenvalue weighted by atomic mass is 10.0. The lowest BCUT2D eigenvalue weighted by molar-refractivity contribution is -0.145. The normalized spacial score (nSPS) is 17.8. The molecule has 110 valence electrons. The van der Waals surface area contributed by atoms with E-state index in [9.17, 15) is 9.90 Å². The van der Waals surface area contributed by atoms with Gasteiger partial charge in [0.05, 0.1) is 0 Å². The lowest BCUT2D eigenvalue weighted by Crippen LogP contribution is -2.54. The molecule has 0 aliphatic heterocycles. The van der Waals surface area contributed by atoms with E-state index in [2.05, 4.69) is 19.2 Å². The molecule has 1 aromatic carbocycles. The predicted octanol–water partition coefficient (Wildman–Crippen LogP) is 2.78. The van der Waals surface area contributed by atoms with E-state index in [-0.39, 0.29) is 6.61 Å². The summed E-state index contributed by atoms with van der Waals surface area (Å²) in [6, 6.07) is 8.12. The van der Waals surface area contributed by atoms with Crippen molar-refractivity contribution >= 4 is 5.97 Å². The molecule has 1 fully saturated rings. The fourth-order valence-corrected chi connectivity index (χ4v) is 2.15. The molecule has 4 heteroatoms. The minimum Gasteiger partial charge on any atom is -0.491 e. The van der Waals surface area contributed by atoms with Gasteiger partial charge in [-0.3, -0.25) is 10.1 Å². The largest absolute Gasteiger partial charge is 0.491 e. The molecule has 0 spiro atoms. The van der Waals surface area contributed by atoms with Crippen LogP contribution in [0.5, 0.6) is 5.75 Å². The van der Waals surface area contributed by atoms with Gasteiger partial charge in [-0.05, 0) is 37.3 Å². The molecule has 2 rings (SSSR count). The Balaban J connectivity index is 2.07. The Morgan fingerprint density at radius 3 is 2.65 bits per heavy atom. The molecule has 0 saturated heterocycles. The van der Waals surface area contributed by atoms with E-state index >= 15 is 0 Å². The minimum absolute atomic E-state index is 0.128. The Hall–Kier alpha value is -1.55. The molecule has 0 amide bonds. The number of nitrogens with one attached hydrogen (secondary N) is 1. The molecule has 0 bridgehead atoms. The molecule has 1 unspecified atom stereocenters. The Kier molecular flexibility index (Phi) is 4.33. The molecule has 1 saturated carbocycles. The van der Waals surface area contributed by atoms with E-state index < -0.39 is 11.5 Å². The first-order valence-corrected chi connectivity index (χ1v) is 7.15. The molecule has 1 aliphatic rings. The molecule has 0 radical (unpaired) electrons. The average Bonchev–Trinajstić information content (AvgIpc) is 3.20. The smallest absolute Gasteiger partial charge is 0.327 e. The third kappa shape index (κ3) is 3.51. The highest BCUT2D eigenvalue weighted by molar-refractivity contribution is 5.78. The summed E-state index contributed by atoms with van der Waals surface area (Å²) in [7, 11) is 0. The summed E-state index contributed by atoms with van der Waals surface area (Å²) in [5, 5.41) is 12.6. The number of ether oxygens (including phenoxy) is 1. The number of hydrogen-bond acceptors (Lipinski definition) is 3. The average molecular weight is 277 g/mol. The number of carboxylic acids is 1. The molecule has 0 aromatic heterocycles. The maximum Gasteiger partial charge on any atom is 0.327 e. The van der Waals surface area contributed by atoms with Crippen molar-refractivity contribution in [1.29, 1.82) is 0 Å². The summed E-state index contributed by atoms with van der Waals surface area (Å²) < 4.78 is 5.81. The maximum atomic E-state index is 11.5. The third-order valence-corrected chi connectivity index (χ3v) is 3.63. The molecule has 1 atom stereocenters. The monoisotopic (exact) mass is 277 g/mol. The van der Waals surface area contributed by atoms with Gasteiger partial charge in [0.15, 0.2) is 0 Å². The van der Waals surface area contributed by atoms with Crippen molar-refractivity contribution in [3.8, 4) is 5.75 Å². The summed E-state index contributed by atoms with van der Waals surface area (Å²) in [6.07, 6.45) is 2.09. The van der Waals surface area contributed by atoms with Crippen LogP contribution in [-0.2, 0) is 4.79 Å². The van der Waals surface area contributed by atoms with Crippen molar-refractivity contribution in [2.75, 3.05) is 6.61 Å². The van der Waals surface area contributed by atoms with Crippen LogP contribution >= 0.6 is 0 Å². The van der Waals surface area contributed by atoms with Gasteiger partial charge in [0, 0.05) is 6.04 Å². The van der Waals surface area contributed by atoms with Crippen molar-refractivity contribution in [1.82, 2.24) is 5.32 Å². The van der Waals surface area contributed by atoms with Crippen molar-refractivity contribution in [3.63, 3.8) is 0 Å². The van der Waals surface area contributed by atoms with Gasteiger partial charge in [-0.2, -0.15) is 0 Å². The second-order valence-corrected chi connectivity index (χ2v) is 6.04. The lowest BCUT2D eigenvalue weighted by Gasteiger charge is -2.27. The zero-order valence-corrected chi connectivity index (χ0v) is 12.3. The summed E-state index contributed by atoms with van der Waals surface area (Å²) in [5.41, 5.74) is 0.0669. The summed E-state index contributed by atoms with van der Waals surface area (Å²) in [5.74, 6) is 0.248. The highest BCUT2D eigenvalue weighted by atomic mass is 16.5. The van der Waals surface area contributed by atoms with Crippen LogP contribution in [-0.4, -0.2) is 29.3 Å². The summed E-state index contributed by atoms with van der Waals surface area (Å²) >= 11 is 0. The zero-order chi connectivity index (χ0) is 14.8. The molecule has 4 nitrogen and oxygen atoms in total. The number of rotatable bonds is 7. The van der Waals surface area contributed by atoms with Crippen LogP contribution in [0.25, 0.3) is 0 Å². The van der Waals surface area contributed by atoms with E-state index in [0.29, 0.717) is 12.0 Å². The van der Waals surface area contributed by atoms with Gasteiger partial charge in [0.1, 0.15) is 17.9 Å². The van der Waals surface area contributed by atoms with Gasteiger partial charge >= 0.3 is 5.97 Å². The molecular formula is C16H23NO3. The van der Waals surface area contributed by atoms with Gasteiger partial charge in [-0.15, -0.1) is 0 Å². The Bertz CT molecular complexity index is 482. The van der Waals surface area contributed by atoms with Crippen molar-refractivity contribution in [2.45, 2.75) is 51.1 Å². The van der Waals surface area contributed by atoms with Crippen LogP contribution in [0.15, 0.2) is 24.3 Å². The van der Waals surface area contributed by atoms with Crippen LogP contribution in [0.2, 0.25) is 0 Å². The fourth-order valence-electron chi connectivity index (χ4n) is 2.15. The highest BCUT2D eigenvalue weighted by Gasteiger charge is 2.39. The Morgan fingerprint density at radius 1 is 1.45 bits per heavy atom. The number of carbonyl (C=O) groups is 1. The number of aliphatic carboxylic acids is 1. The van der Waals surface area contributed by atoms with Crippen molar-refractivity contribution < 1.29 is 14.6 Å². The molecule has 2 N–H and O–H groups in total. The van der Waals surface area contributed by atoms with Gasteiger partial charge in [0.2, 0.25) is 0 Å². The van der Waals surface area contributed by atoms with Crippen molar-refractivity contribution in [3.05, 3.63) is 29.8 Å². The van der Waals surface area contributed by atoms with Crippen molar-refractivity contribution in [2.24, 2.45) is 0 Å². The number of carboxylic acid groups (broad SMARTS) is 1. The topological polar surface area (TPSA) is 58.6 Å². The highest BCUT2D eigenvalue weighted by Crippen LogP contribution is 2.28. The van der Waals surface area contributed by atoms with E-state index in [1.165, 1.54) is 0 Å². The van der Waals surface area contributed by atoms with Crippen LogP contribution in [0, 0.1) is 0 Å². The van der Waals surface area contributed by atoms with Crippen LogP contribution < -0.4 is 10.1 Å². The molecule has 1 aromatic rings. The van der Waals surface area contributed by atoms with Crippen LogP contribution in [0.1, 0.15) is 45.1 Å². The molecule has 20 heavy (non-hydrogen) atoms. The SMILES string of the molecule is CC(C)c1ccccc1OCC(C)(NC1CC1)C(=O)O. The summed E-state index contributed by atoms with van der Waals surface area (Å²) in [6.45, 7) is 6.01. The van der Waals surface area contributed by atoms with E-state index in [4.69, 9.17) is 4.74 Å². The van der Waals surface area contributed by atoms with E-state index in [1.807, 2.05) is 24.3 Å². The third-order valence-electron chi connectivity index (χ3n) is 3.63. The van der Waals surface area contributed by atoms with Crippen LogP contribution in [0.3, 0.4) is 0 Å². The maximum absolute atomic E-state index is 11.5. The van der Waals surface area contributed by atoms with Gasteiger partial charge in [-0.25, -0.2) is 0 Å². The zero-order valence-electron chi connectivity index (χ0n) is 12.3. The standard InChI is InChI=1S/C16H23NO3/c1-11(2)13-6-4-5-7-14(13)20-10-16(3,15(18)19)17-12-8-9-12/h4-7,11-12,17H,8-10H2,1-3H3,(H,18,19). The second kappa shape index (κ2) is 5.83. The first-order valence-electron chi connectivity index (χ1n) is 7.15. The molecular weight excluding hydrogens is 254 g/mol. The Morgan fingerprint density at radius 2 is 2.10 bits per heavy atom. The molecule has 1 aliphatic carbocycles. The fraction of sp³-hybridized carbons (Fsp3) is 0.562. The van der Waals surface area contributed by atoms with Gasteiger partial charge in [-0.1, -0.05) is 32.0 Å². The summed E-state index contributed by atoms with van der Waals surface area (Å²) in [4.78, 5) is 11.5. The van der Waals surface area contributed by atoms with Gasteiger partial charge < -0.3 is 9.84 Å².